The van der Waals surface area contributed by atoms with E-state index in [4.69, 9.17) is 17.4 Å². The van der Waals surface area contributed by atoms with Gasteiger partial charge in [-0.3, -0.25) is 5.01 Å². The van der Waals surface area contributed by atoms with Crippen LogP contribution >= 0.6 is 22.9 Å². The summed E-state index contributed by atoms with van der Waals surface area (Å²) in [6, 6.07) is 1.59. The number of anilines is 1. The van der Waals surface area contributed by atoms with Crippen LogP contribution in [-0.4, -0.2) is 14.3 Å². The van der Waals surface area contributed by atoms with Crippen molar-refractivity contribution >= 4 is 44.5 Å². The average molecular weight is 364 g/mol. The van der Waals surface area contributed by atoms with Gasteiger partial charge in [-0.05, 0) is 18.9 Å². The topological polar surface area (TPSA) is 75.8 Å². The lowest BCUT2D eigenvalue weighted by atomic mass is 9.96. The van der Waals surface area contributed by atoms with Crippen molar-refractivity contribution in [2.75, 3.05) is 5.01 Å². The van der Waals surface area contributed by atoms with Crippen molar-refractivity contribution in [1.82, 2.24) is 0 Å². The Labute approximate surface area is 141 Å². The van der Waals surface area contributed by atoms with E-state index >= 15 is 0 Å². The first-order valence-corrected chi connectivity index (χ1v) is 10.2. The van der Waals surface area contributed by atoms with E-state index in [2.05, 4.69) is 11.3 Å². The molecule has 2 rings (SSSR count). The maximum absolute atomic E-state index is 12.3. The van der Waals surface area contributed by atoms with Crippen LogP contribution in [0.1, 0.15) is 52.4 Å². The van der Waals surface area contributed by atoms with E-state index in [-0.39, 0.29) is 10.1 Å². The van der Waals surface area contributed by atoms with Gasteiger partial charge in [0.1, 0.15) is 5.84 Å². The zero-order valence-corrected chi connectivity index (χ0v) is 15.3. The van der Waals surface area contributed by atoms with Gasteiger partial charge in [0, 0.05) is 5.92 Å². The fraction of sp³-hybridized carbons (Fsp3) is 0.643. The Balaban J connectivity index is 2.24. The van der Waals surface area contributed by atoms with E-state index in [9.17, 15) is 8.42 Å². The number of rotatable bonds is 7. The molecule has 2 N–H and O–H groups in total. The maximum atomic E-state index is 12.3. The molecule has 1 atom stereocenters. The summed E-state index contributed by atoms with van der Waals surface area (Å²) in [5.41, 5.74) is 0.437. The average Bonchev–Trinajstić information content (AvgIpc) is 2.87. The van der Waals surface area contributed by atoms with E-state index in [0.29, 0.717) is 15.9 Å². The Morgan fingerprint density at radius 3 is 2.73 bits per heavy atom. The Kier molecular flexibility index (Phi) is 5.87. The summed E-state index contributed by atoms with van der Waals surface area (Å²) in [6.45, 7) is 4.20. The number of halogens is 1. The van der Waals surface area contributed by atoms with Crippen LogP contribution < -0.4 is 10.9 Å². The van der Waals surface area contributed by atoms with Crippen molar-refractivity contribution in [1.29, 1.82) is 0 Å². The SMILES string of the molecule is CCCCCCC(CC)C1=NS(=O)(=O)c2sc(Cl)cc2N1N. The molecule has 0 spiro atoms. The molecule has 1 aromatic heterocycles. The molecule has 0 amide bonds. The fourth-order valence-corrected chi connectivity index (χ4v) is 5.50. The molecule has 1 aromatic rings. The fourth-order valence-electron chi connectivity index (χ4n) is 2.63. The van der Waals surface area contributed by atoms with E-state index in [1.54, 1.807) is 6.07 Å². The molecule has 0 saturated heterocycles. The third kappa shape index (κ3) is 3.64. The van der Waals surface area contributed by atoms with Gasteiger partial charge in [0.05, 0.1) is 10.0 Å². The van der Waals surface area contributed by atoms with E-state index in [1.165, 1.54) is 17.9 Å². The van der Waals surface area contributed by atoms with Crippen LogP contribution in [0, 0.1) is 5.92 Å². The molecule has 1 aliphatic heterocycles. The predicted octanol–water partition coefficient (Wildman–Crippen LogP) is 4.18. The monoisotopic (exact) mass is 363 g/mol. The largest absolute Gasteiger partial charge is 0.295 e. The minimum atomic E-state index is -3.69. The van der Waals surface area contributed by atoms with Crippen LogP contribution in [0.5, 0.6) is 0 Å². The van der Waals surface area contributed by atoms with Crippen LogP contribution in [0.15, 0.2) is 14.7 Å². The highest BCUT2D eigenvalue weighted by molar-refractivity contribution is 7.92. The van der Waals surface area contributed by atoms with E-state index in [0.717, 1.165) is 37.0 Å². The number of unbranched alkanes of at least 4 members (excludes halogenated alkanes) is 3. The minimum Gasteiger partial charge on any atom is -0.263 e. The van der Waals surface area contributed by atoms with Crippen LogP contribution in [0.2, 0.25) is 4.34 Å². The van der Waals surface area contributed by atoms with Crippen molar-refractivity contribution in [3.8, 4) is 0 Å². The number of amidine groups is 1. The summed E-state index contributed by atoms with van der Waals surface area (Å²) in [6.07, 6.45) is 6.26. The van der Waals surface area contributed by atoms with Gasteiger partial charge >= 0.3 is 0 Å². The lowest BCUT2D eigenvalue weighted by molar-refractivity contribution is 0.533. The van der Waals surface area contributed by atoms with Gasteiger partial charge in [0.2, 0.25) is 0 Å². The molecule has 0 aromatic carbocycles. The number of nitrogens with two attached hydrogens (primary N) is 1. The van der Waals surface area contributed by atoms with Crippen LogP contribution in [0.25, 0.3) is 0 Å². The number of hydrazine groups is 1. The highest BCUT2D eigenvalue weighted by atomic mass is 35.5. The van der Waals surface area contributed by atoms with Gasteiger partial charge in [-0.2, -0.15) is 8.42 Å². The standard InChI is InChI=1S/C14H22ClN3O2S2/c1-3-5-6-7-8-10(4-2)13-17-22(19,20)14-11(18(13)16)9-12(15)21-14/h9-10H,3-8,16H2,1-2H3. The molecular weight excluding hydrogens is 342 g/mol. The van der Waals surface area contributed by atoms with Crippen LogP contribution in [0.4, 0.5) is 5.69 Å². The number of hydrogen-bond acceptors (Lipinski definition) is 5. The molecule has 8 heteroatoms. The smallest absolute Gasteiger partial charge is 0.263 e. The first kappa shape index (κ1) is 17.7. The van der Waals surface area contributed by atoms with E-state index < -0.39 is 10.0 Å². The third-order valence-electron chi connectivity index (χ3n) is 3.87. The summed E-state index contributed by atoms with van der Waals surface area (Å²) in [4.78, 5) is 0. The summed E-state index contributed by atoms with van der Waals surface area (Å²) < 4.78 is 29.1. The molecule has 1 unspecified atom stereocenters. The van der Waals surface area contributed by atoms with Gasteiger partial charge < -0.3 is 0 Å². The first-order valence-electron chi connectivity index (χ1n) is 7.59. The van der Waals surface area contributed by atoms with E-state index in [1.807, 2.05) is 6.92 Å². The van der Waals surface area contributed by atoms with Crippen molar-refractivity contribution in [3.63, 3.8) is 0 Å². The van der Waals surface area contributed by atoms with Gasteiger partial charge in [0.25, 0.3) is 10.0 Å². The van der Waals surface area contributed by atoms with Gasteiger partial charge in [0.15, 0.2) is 4.21 Å². The number of nitrogens with zero attached hydrogens (tertiary/aromatic N) is 2. The molecule has 0 fully saturated rings. The molecule has 0 aliphatic carbocycles. The van der Waals surface area contributed by atoms with Crippen molar-refractivity contribution in [2.45, 2.75) is 56.6 Å². The molecule has 22 heavy (non-hydrogen) atoms. The predicted molar refractivity (Wildman–Crippen MR) is 93.2 cm³/mol. The summed E-state index contributed by atoms with van der Waals surface area (Å²) in [7, 11) is -3.69. The van der Waals surface area contributed by atoms with Crippen LogP contribution in [-0.2, 0) is 10.0 Å². The molecular formula is C14H22ClN3O2S2. The second-order valence-corrected chi connectivity index (χ2v) is 8.96. The van der Waals surface area contributed by atoms with Crippen LogP contribution in [0.3, 0.4) is 0 Å². The summed E-state index contributed by atoms with van der Waals surface area (Å²) >= 11 is 6.94. The van der Waals surface area contributed by atoms with Gasteiger partial charge in [-0.15, -0.1) is 15.7 Å². The Hall–Kier alpha value is -0.630. The lowest BCUT2D eigenvalue weighted by Crippen LogP contribution is -2.44. The number of sulfonamides is 1. The Morgan fingerprint density at radius 1 is 1.36 bits per heavy atom. The summed E-state index contributed by atoms with van der Waals surface area (Å²) in [5.74, 6) is 6.59. The highest BCUT2D eigenvalue weighted by Gasteiger charge is 2.34. The molecule has 5 nitrogen and oxygen atoms in total. The van der Waals surface area contributed by atoms with Crippen molar-refractivity contribution in [3.05, 3.63) is 10.4 Å². The maximum Gasteiger partial charge on any atom is 0.295 e. The second-order valence-electron chi connectivity index (χ2n) is 5.47. The second kappa shape index (κ2) is 7.29. The third-order valence-corrected chi connectivity index (χ3v) is 6.90. The molecule has 124 valence electrons. The molecule has 0 saturated carbocycles. The number of fused-ring (bicyclic) bond motifs is 1. The molecule has 1 aliphatic rings. The highest BCUT2D eigenvalue weighted by Crippen LogP contribution is 2.41. The van der Waals surface area contributed by atoms with Gasteiger partial charge in [-0.1, -0.05) is 51.1 Å². The quantitative estimate of drug-likeness (QED) is 0.582. The normalized spacial score (nSPS) is 18.0. The minimum absolute atomic E-state index is 0.0449. The molecule has 0 bridgehead atoms. The molecule has 2 heterocycles. The Morgan fingerprint density at radius 2 is 2.09 bits per heavy atom. The summed E-state index contributed by atoms with van der Waals surface area (Å²) in [5, 5.41) is 1.40. The number of thiophene rings is 1. The van der Waals surface area contributed by atoms with Crippen molar-refractivity contribution in [2.24, 2.45) is 16.2 Å². The number of hydrogen-bond donors (Lipinski definition) is 1. The van der Waals surface area contributed by atoms with Crippen molar-refractivity contribution < 1.29 is 8.42 Å². The Bertz CT molecular complexity index is 655. The lowest BCUT2D eigenvalue weighted by Gasteiger charge is -2.29. The molecule has 0 radical (unpaired) electrons. The first-order chi connectivity index (χ1) is 10.4. The van der Waals surface area contributed by atoms with Gasteiger partial charge in [-0.25, -0.2) is 5.84 Å². The zero-order valence-electron chi connectivity index (χ0n) is 12.9. The zero-order chi connectivity index (χ0) is 16.3.